The first-order chi connectivity index (χ1) is 9.02. The highest BCUT2D eigenvalue weighted by atomic mass is 35.5. The average molecular weight is 303 g/mol. The molecule has 1 amide bonds. The van der Waals surface area contributed by atoms with Crippen LogP contribution < -0.4 is 11.1 Å². The van der Waals surface area contributed by atoms with E-state index in [1.807, 2.05) is 0 Å². The van der Waals surface area contributed by atoms with E-state index in [9.17, 15) is 4.79 Å². The summed E-state index contributed by atoms with van der Waals surface area (Å²) in [7, 11) is 0. The Hall–Kier alpha value is -0.280. The molecule has 4 heteroatoms. The van der Waals surface area contributed by atoms with E-state index in [2.05, 4.69) is 19.2 Å². The molecule has 0 atom stereocenters. The molecule has 0 aromatic carbocycles. The molecule has 3 N–H and O–H groups in total. The van der Waals surface area contributed by atoms with E-state index < -0.39 is 0 Å². The molecule has 0 aromatic rings. The molecule has 0 radical (unpaired) electrons. The number of halogens is 1. The summed E-state index contributed by atoms with van der Waals surface area (Å²) in [6, 6.07) is 0.723. The van der Waals surface area contributed by atoms with Crippen LogP contribution in [0.3, 0.4) is 0 Å². The van der Waals surface area contributed by atoms with Gasteiger partial charge in [-0.15, -0.1) is 12.4 Å². The van der Waals surface area contributed by atoms with Gasteiger partial charge in [-0.3, -0.25) is 4.79 Å². The summed E-state index contributed by atoms with van der Waals surface area (Å²) in [5, 5.41) is 3.33. The summed E-state index contributed by atoms with van der Waals surface area (Å²) in [6.07, 6.45) is 9.89. The smallest absolute Gasteiger partial charge is 0.226 e. The Balaban J connectivity index is 0.00000200. The van der Waals surface area contributed by atoms with Crippen LogP contribution in [-0.4, -0.2) is 18.0 Å². The third-order valence-corrected chi connectivity index (χ3v) is 4.95. The second-order valence-electron chi connectivity index (χ2n) is 7.17. The van der Waals surface area contributed by atoms with Crippen LogP contribution in [-0.2, 0) is 4.79 Å². The van der Waals surface area contributed by atoms with Crippen LogP contribution in [0.5, 0.6) is 0 Å². The Labute approximate surface area is 129 Å². The van der Waals surface area contributed by atoms with Gasteiger partial charge in [-0.1, -0.05) is 26.7 Å². The Morgan fingerprint density at radius 2 is 1.75 bits per heavy atom. The maximum atomic E-state index is 12.7. The Morgan fingerprint density at radius 3 is 2.25 bits per heavy atom. The first-order valence-corrected chi connectivity index (χ1v) is 8.08. The molecule has 20 heavy (non-hydrogen) atoms. The lowest BCUT2D eigenvalue weighted by molar-refractivity contribution is -0.132. The molecule has 0 aromatic heterocycles. The van der Waals surface area contributed by atoms with E-state index in [4.69, 9.17) is 5.73 Å². The third kappa shape index (κ3) is 4.36. The number of hydrogen-bond donors (Lipinski definition) is 2. The average Bonchev–Trinajstić information content (AvgIpc) is 2.81. The van der Waals surface area contributed by atoms with Crippen LogP contribution >= 0.6 is 12.4 Å². The van der Waals surface area contributed by atoms with Gasteiger partial charge in [0.1, 0.15) is 0 Å². The summed E-state index contributed by atoms with van der Waals surface area (Å²) in [5.74, 6) is 0.933. The molecule has 118 valence electrons. The fourth-order valence-electron chi connectivity index (χ4n) is 3.96. The highest BCUT2D eigenvalue weighted by molar-refractivity contribution is 5.85. The van der Waals surface area contributed by atoms with Crippen molar-refractivity contribution in [1.29, 1.82) is 0 Å². The second kappa shape index (κ2) is 7.65. The van der Waals surface area contributed by atoms with Crippen LogP contribution in [0.25, 0.3) is 0 Å². The summed E-state index contributed by atoms with van der Waals surface area (Å²) in [5.41, 5.74) is 5.87. The van der Waals surface area contributed by atoms with Crippen LogP contribution in [0.1, 0.15) is 71.6 Å². The number of carbonyl (C=O) groups is 1. The summed E-state index contributed by atoms with van der Waals surface area (Å²) < 4.78 is 0. The number of nitrogens with one attached hydrogen (secondary N) is 1. The van der Waals surface area contributed by atoms with Crippen molar-refractivity contribution in [2.45, 2.75) is 83.7 Å². The lowest BCUT2D eigenvalue weighted by Gasteiger charge is -2.34. The molecule has 0 unspecified atom stereocenters. The minimum absolute atomic E-state index is 0. The van der Waals surface area contributed by atoms with Crippen LogP contribution in [0, 0.1) is 11.3 Å². The third-order valence-electron chi connectivity index (χ3n) is 4.95. The van der Waals surface area contributed by atoms with Gasteiger partial charge in [0.2, 0.25) is 5.91 Å². The molecule has 2 aliphatic carbocycles. The van der Waals surface area contributed by atoms with Crippen molar-refractivity contribution in [3.05, 3.63) is 0 Å². The molecule has 0 heterocycles. The van der Waals surface area contributed by atoms with Gasteiger partial charge in [0, 0.05) is 17.5 Å². The zero-order chi connectivity index (χ0) is 13.9. The number of amides is 1. The highest BCUT2D eigenvalue weighted by Gasteiger charge is 2.42. The standard InChI is InChI=1S/C16H30N2O.ClH/c1-12(2)11-16(9-3-4-10-16)15(19)18-14-7-5-13(17)6-8-14;/h12-14H,3-11,17H2,1-2H3,(H,18,19);1H. The van der Waals surface area contributed by atoms with Gasteiger partial charge in [0.15, 0.2) is 0 Å². The molecule has 0 aliphatic heterocycles. The largest absolute Gasteiger partial charge is 0.353 e. The van der Waals surface area contributed by atoms with Crippen molar-refractivity contribution >= 4 is 18.3 Å². The van der Waals surface area contributed by atoms with Gasteiger partial charge in [-0.2, -0.15) is 0 Å². The molecular weight excluding hydrogens is 272 g/mol. The van der Waals surface area contributed by atoms with Gasteiger partial charge in [-0.25, -0.2) is 0 Å². The first kappa shape index (κ1) is 17.8. The van der Waals surface area contributed by atoms with Crippen molar-refractivity contribution in [3.63, 3.8) is 0 Å². The van der Waals surface area contributed by atoms with Crippen molar-refractivity contribution in [3.8, 4) is 0 Å². The van der Waals surface area contributed by atoms with Crippen molar-refractivity contribution in [2.75, 3.05) is 0 Å². The second-order valence-corrected chi connectivity index (χ2v) is 7.17. The zero-order valence-corrected chi connectivity index (χ0v) is 13.8. The summed E-state index contributed by atoms with van der Waals surface area (Å²) in [6.45, 7) is 4.46. The minimum atomic E-state index is -0.0618. The SMILES string of the molecule is CC(C)CC1(C(=O)NC2CCC(N)CC2)CCCC1.Cl. The normalized spacial score (nSPS) is 29.0. The minimum Gasteiger partial charge on any atom is -0.353 e. The van der Waals surface area contributed by atoms with E-state index in [1.54, 1.807) is 0 Å². The highest BCUT2D eigenvalue weighted by Crippen LogP contribution is 2.43. The summed E-state index contributed by atoms with van der Waals surface area (Å²) >= 11 is 0. The topological polar surface area (TPSA) is 55.1 Å². The molecule has 3 nitrogen and oxygen atoms in total. The van der Waals surface area contributed by atoms with Gasteiger partial charge in [0.05, 0.1) is 0 Å². The number of rotatable bonds is 4. The summed E-state index contributed by atoms with van der Waals surface area (Å²) in [4.78, 5) is 12.7. The maximum absolute atomic E-state index is 12.7. The van der Waals surface area contributed by atoms with E-state index in [0.29, 0.717) is 23.9 Å². The number of nitrogens with two attached hydrogens (primary N) is 1. The fraction of sp³-hybridized carbons (Fsp3) is 0.938. The lowest BCUT2D eigenvalue weighted by atomic mass is 9.77. The molecular formula is C16H31ClN2O. The molecule has 2 aliphatic rings. The molecule has 0 spiro atoms. The van der Waals surface area contributed by atoms with Gasteiger partial charge >= 0.3 is 0 Å². The molecule has 2 rings (SSSR count). The van der Waals surface area contributed by atoms with Crippen molar-refractivity contribution < 1.29 is 4.79 Å². The van der Waals surface area contributed by atoms with Crippen molar-refractivity contribution in [2.24, 2.45) is 17.1 Å². The zero-order valence-electron chi connectivity index (χ0n) is 13.0. The molecule has 0 saturated heterocycles. The van der Waals surface area contributed by atoms with E-state index in [-0.39, 0.29) is 17.8 Å². The van der Waals surface area contributed by atoms with Gasteiger partial charge in [0.25, 0.3) is 0 Å². The van der Waals surface area contributed by atoms with E-state index in [0.717, 1.165) is 44.9 Å². The van der Waals surface area contributed by atoms with Gasteiger partial charge < -0.3 is 11.1 Å². The molecule has 2 saturated carbocycles. The molecule has 0 bridgehead atoms. The number of carbonyl (C=O) groups excluding carboxylic acids is 1. The molecule has 2 fully saturated rings. The monoisotopic (exact) mass is 302 g/mol. The van der Waals surface area contributed by atoms with Crippen LogP contribution in [0.15, 0.2) is 0 Å². The predicted molar refractivity (Wildman–Crippen MR) is 86.0 cm³/mol. The van der Waals surface area contributed by atoms with E-state index >= 15 is 0 Å². The van der Waals surface area contributed by atoms with Gasteiger partial charge in [-0.05, 0) is 50.9 Å². The number of hydrogen-bond acceptors (Lipinski definition) is 2. The lowest BCUT2D eigenvalue weighted by Crippen LogP contribution is -2.47. The Bertz CT molecular complexity index is 306. The van der Waals surface area contributed by atoms with Crippen LogP contribution in [0.4, 0.5) is 0 Å². The maximum Gasteiger partial charge on any atom is 0.226 e. The fourth-order valence-corrected chi connectivity index (χ4v) is 3.96. The Morgan fingerprint density at radius 1 is 1.20 bits per heavy atom. The van der Waals surface area contributed by atoms with Crippen LogP contribution in [0.2, 0.25) is 0 Å². The van der Waals surface area contributed by atoms with Crippen molar-refractivity contribution in [1.82, 2.24) is 5.32 Å². The first-order valence-electron chi connectivity index (χ1n) is 8.08. The predicted octanol–water partition coefficient (Wildman–Crippen LogP) is 3.40. The quantitative estimate of drug-likeness (QED) is 0.836. The Kier molecular flexibility index (Phi) is 6.80. The van der Waals surface area contributed by atoms with E-state index in [1.165, 1.54) is 12.8 Å².